The molecular formula is C24H18N2O2. The first-order valence-electron chi connectivity index (χ1n) is 9.30. The Morgan fingerprint density at radius 3 is 2.32 bits per heavy atom. The third-order valence-electron chi connectivity index (χ3n) is 5.24. The molecule has 1 unspecified atom stereocenters. The Labute approximate surface area is 162 Å². The van der Waals surface area contributed by atoms with Crippen LogP contribution in [-0.4, -0.2) is 17.9 Å². The largest absolute Gasteiger partial charge is 0.373 e. The number of benzene rings is 4. The van der Waals surface area contributed by atoms with Crippen molar-refractivity contribution in [2.45, 2.75) is 12.5 Å². The van der Waals surface area contributed by atoms with Gasteiger partial charge in [-0.3, -0.25) is 9.59 Å². The first-order chi connectivity index (χ1) is 13.7. The number of nitrogens with zero attached hydrogens (tertiary/aromatic N) is 1. The predicted molar refractivity (Wildman–Crippen MR) is 112 cm³/mol. The van der Waals surface area contributed by atoms with Crippen molar-refractivity contribution in [3.05, 3.63) is 84.9 Å². The number of rotatable bonds is 3. The second-order valence-corrected chi connectivity index (χ2v) is 7.03. The Balaban J connectivity index is 1.47. The molecule has 4 nitrogen and oxygen atoms in total. The Kier molecular flexibility index (Phi) is 3.83. The van der Waals surface area contributed by atoms with Crippen molar-refractivity contribution in [3.8, 4) is 0 Å². The molecule has 1 aliphatic rings. The second-order valence-electron chi connectivity index (χ2n) is 7.03. The maximum absolute atomic E-state index is 13.1. The van der Waals surface area contributed by atoms with Gasteiger partial charge in [0.1, 0.15) is 6.04 Å². The molecule has 1 aliphatic heterocycles. The van der Waals surface area contributed by atoms with Crippen molar-refractivity contribution in [3.63, 3.8) is 0 Å². The molecule has 0 aliphatic carbocycles. The monoisotopic (exact) mass is 366 g/mol. The smallest absolute Gasteiger partial charge is 0.256 e. The first kappa shape index (κ1) is 16.5. The zero-order chi connectivity index (χ0) is 19.1. The fourth-order valence-electron chi connectivity index (χ4n) is 3.88. The molecule has 0 radical (unpaired) electrons. The lowest BCUT2D eigenvalue weighted by molar-refractivity contribution is -0.121. The van der Waals surface area contributed by atoms with Crippen LogP contribution in [0.5, 0.6) is 0 Å². The summed E-state index contributed by atoms with van der Waals surface area (Å²) in [5.74, 6) is -0.394. The van der Waals surface area contributed by atoms with E-state index in [-0.39, 0.29) is 18.2 Å². The summed E-state index contributed by atoms with van der Waals surface area (Å²) in [5, 5.41) is 7.39. The standard InChI is InChI=1S/C24H18N2O2/c27-23-15-21(25-19-13-12-16-6-1-2-8-18(16)14-19)24(28)26(23)22-11-5-9-17-7-3-4-10-20(17)22/h1-14,21,25H,15H2. The Morgan fingerprint density at radius 1 is 0.750 bits per heavy atom. The zero-order valence-electron chi connectivity index (χ0n) is 15.1. The molecule has 1 saturated heterocycles. The van der Waals surface area contributed by atoms with Gasteiger partial charge in [0.15, 0.2) is 0 Å². The van der Waals surface area contributed by atoms with E-state index < -0.39 is 6.04 Å². The molecule has 1 atom stereocenters. The predicted octanol–water partition coefficient (Wildman–Crippen LogP) is 4.74. The van der Waals surface area contributed by atoms with Gasteiger partial charge in [0, 0.05) is 11.1 Å². The van der Waals surface area contributed by atoms with Gasteiger partial charge in [-0.05, 0) is 34.4 Å². The highest BCUT2D eigenvalue weighted by Gasteiger charge is 2.40. The van der Waals surface area contributed by atoms with Crippen molar-refractivity contribution in [2.24, 2.45) is 0 Å². The van der Waals surface area contributed by atoms with E-state index in [1.807, 2.05) is 84.9 Å². The molecule has 1 N–H and O–H groups in total. The molecule has 0 aromatic heterocycles. The fraction of sp³-hybridized carbons (Fsp3) is 0.0833. The maximum Gasteiger partial charge on any atom is 0.256 e. The molecule has 4 aromatic rings. The lowest BCUT2D eigenvalue weighted by Gasteiger charge is -2.18. The number of imide groups is 1. The van der Waals surface area contributed by atoms with E-state index in [0.717, 1.165) is 27.2 Å². The number of fused-ring (bicyclic) bond motifs is 2. The summed E-state index contributed by atoms with van der Waals surface area (Å²) in [6.07, 6.45) is 0.148. The zero-order valence-corrected chi connectivity index (χ0v) is 15.1. The van der Waals surface area contributed by atoms with Crippen molar-refractivity contribution < 1.29 is 9.59 Å². The molecule has 5 rings (SSSR count). The minimum absolute atomic E-state index is 0.148. The number of amides is 2. The van der Waals surface area contributed by atoms with Crippen LogP contribution in [-0.2, 0) is 9.59 Å². The van der Waals surface area contributed by atoms with Gasteiger partial charge in [-0.1, -0.05) is 66.7 Å². The average Bonchev–Trinajstić information content (AvgIpc) is 3.00. The van der Waals surface area contributed by atoms with E-state index >= 15 is 0 Å². The van der Waals surface area contributed by atoms with E-state index in [0.29, 0.717) is 5.69 Å². The van der Waals surface area contributed by atoms with Gasteiger partial charge in [0.25, 0.3) is 5.91 Å². The summed E-state index contributed by atoms with van der Waals surface area (Å²) >= 11 is 0. The van der Waals surface area contributed by atoms with Gasteiger partial charge >= 0.3 is 0 Å². The van der Waals surface area contributed by atoms with E-state index in [1.165, 1.54) is 4.90 Å². The topological polar surface area (TPSA) is 49.4 Å². The van der Waals surface area contributed by atoms with Crippen LogP contribution in [0.15, 0.2) is 84.9 Å². The molecular weight excluding hydrogens is 348 g/mol. The normalized spacial score (nSPS) is 16.9. The summed E-state index contributed by atoms with van der Waals surface area (Å²) in [5.41, 5.74) is 1.49. The van der Waals surface area contributed by atoms with Crippen LogP contribution in [0.1, 0.15) is 6.42 Å². The van der Waals surface area contributed by atoms with Crippen LogP contribution in [0, 0.1) is 0 Å². The van der Waals surface area contributed by atoms with Crippen LogP contribution in [0.3, 0.4) is 0 Å². The summed E-state index contributed by atoms with van der Waals surface area (Å²) in [4.78, 5) is 27.1. The van der Waals surface area contributed by atoms with Crippen molar-refractivity contribution >= 4 is 44.7 Å². The third-order valence-corrected chi connectivity index (χ3v) is 5.24. The fourth-order valence-corrected chi connectivity index (χ4v) is 3.88. The highest BCUT2D eigenvalue weighted by Crippen LogP contribution is 2.31. The lowest BCUT2D eigenvalue weighted by Crippen LogP contribution is -2.34. The van der Waals surface area contributed by atoms with Crippen LogP contribution >= 0.6 is 0 Å². The maximum atomic E-state index is 13.1. The van der Waals surface area contributed by atoms with Gasteiger partial charge in [-0.15, -0.1) is 0 Å². The van der Waals surface area contributed by atoms with Crippen molar-refractivity contribution in [2.75, 3.05) is 10.2 Å². The Hall–Kier alpha value is -3.66. The van der Waals surface area contributed by atoms with Crippen LogP contribution < -0.4 is 10.2 Å². The molecule has 2 amide bonds. The van der Waals surface area contributed by atoms with E-state index in [9.17, 15) is 9.59 Å². The van der Waals surface area contributed by atoms with Crippen molar-refractivity contribution in [1.82, 2.24) is 0 Å². The molecule has 4 heteroatoms. The Bertz CT molecular complexity index is 1230. The summed E-state index contributed by atoms with van der Waals surface area (Å²) < 4.78 is 0. The lowest BCUT2D eigenvalue weighted by atomic mass is 10.1. The van der Waals surface area contributed by atoms with E-state index in [4.69, 9.17) is 0 Å². The molecule has 0 spiro atoms. The summed E-state index contributed by atoms with van der Waals surface area (Å²) in [6.45, 7) is 0. The molecule has 0 bridgehead atoms. The van der Waals surface area contributed by atoms with Gasteiger partial charge in [0.05, 0.1) is 12.1 Å². The van der Waals surface area contributed by atoms with Gasteiger partial charge < -0.3 is 5.32 Å². The van der Waals surface area contributed by atoms with Crippen LogP contribution in [0.25, 0.3) is 21.5 Å². The minimum atomic E-state index is -0.562. The number of nitrogens with one attached hydrogen (secondary N) is 1. The molecule has 4 aromatic carbocycles. The first-order valence-corrected chi connectivity index (χ1v) is 9.30. The average molecular weight is 366 g/mol. The van der Waals surface area contributed by atoms with Gasteiger partial charge in [0.2, 0.25) is 5.91 Å². The van der Waals surface area contributed by atoms with Crippen LogP contribution in [0.4, 0.5) is 11.4 Å². The molecule has 1 fully saturated rings. The van der Waals surface area contributed by atoms with E-state index in [2.05, 4.69) is 5.32 Å². The number of carbonyl (C=O) groups is 2. The molecule has 28 heavy (non-hydrogen) atoms. The molecule has 0 saturated carbocycles. The molecule has 136 valence electrons. The third kappa shape index (κ3) is 2.70. The SMILES string of the molecule is O=C1CC(Nc2ccc3ccccc3c2)C(=O)N1c1cccc2ccccc12. The number of anilines is 2. The van der Waals surface area contributed by atoms with E-state index in [1.54, 1.807) is 0 Å². The number of carbonyl (C=O) groups excluding carboxylic acids is 2. The second kappa shape index (κ2) is 6.50. The highest BCUT2D eigenvalue weighted by atomic mass is 16.2. The number of hydrogen-bond donors (Lipinski definition) is 1. The minimum Gasteiger partial charge on any atom is -0.373 e. The number of hydrogen-bond acceptors (Lipinski definition) is 3. The Morgan fingerprint density at radius 2 is 1.46 bits per heavy atom. The van der Waals surface area contributed by atoms with Gasteiger partial charge in [-0.25, -0.2) is 4.90 Å². The van der Waals surface area contributed by atoms with Crippen LogP contribution in [0.2, 0.25) is 0 Å². The molecule has 1 heterocycles. The van der Waals surface area contributed by atoms with Gasteiger partial charge in [-0.2, -0.15) is 0 Å². The van der Waals surface area contributed by atoms with Crippen molar-refractivity contribution in [1.29, 1.82) is 0 Å². The quantitative estimate of drug-likeness (QED) is 0.533. The summed E-state index contributed by atoms with van der Waals surface area (Å²) in [7, 11) is 0. The highest BCUT2D eigenvalue weighted by molar-refractivity contribution is 6.25. The summed E-state index contributed by atoms with van der Waals surface area (Å²) in [6, 6.07) is 26.9.